The fourth-order valence-corrected chi connectivity index (χ4v) is 3.22. The SMILES string of the molecule is NC(=Nc1ccc(-n2cccn2)cc1)c1cccc(NC(=O)/C=C/c2ccccc2Cl)c1. The highest BCUT2D eigenvalue weighted by molar-refractivity contribution is 6.32. The van der Waals surface area contributed by atoms with Crippen molar-refractivity contribution in [3.05, 3.63) is 113 Å². The van der Waals surface area contributed by atoms with E-state index >= 15 is 0 Å². The summed E-state index contributed by atoms with van der Waals surface area (Å²) < 4.78 is 1.77. The number of amidine groups is 1. The van der Waals surface area contributed by atoms with E-state index in [1.54, 1.807) is 35.2 Å². The topological polar surface area (TPSA) is 85.3 Å². The van der Waals surface area contributed by atoms with Gasteiger partial charge in [-0.2, -0.15) is 5.10 Å². The van der Waals surface area contributed by atoms with Crippen LogP contribution in [0, 0.1) is 0 Å². The number of aromatic nitrogens is 2. The highest BCUT2D eigenvalue weighted by Crippen LogP contribution is 2.18. The Morgan fingerprint density at radius 1 is 1.03 bits per heavy atom. The third kappa shape index (κ3) is 5.30. The molecule has 0 unspecified atom stereocenters. The van der Waals surface area contributed by atoms with E-state index in [2.05, 4.69) is 15.4 Å². The summed E-state index contributed by atoms with van der Waals surface area (Å²) in [4.78, 5) is 16.8. The molecule has 32 heavy (non-hydrogen) atoms. The minimum atomic E-state index is -0.271. The van der Waals surface area contributed by atoms with E-state index in [4.69, 9.17) is 17.3 Å². The predicted octanol–water partition coefficient (Wildman–Crippen LogP) is 5.21. The monoisotopic (exact) mass is 441 g/mol. The second-order valence-electron chi connectivity index (χ2n) is 6.89. The molecule has 0 aliphatic heterocycles. The minimum absolute atomic E-state index is 0.271. The van der Waals surface area contributed by atoms with Gasteiger partial charge in [-0.1, -0.05) is 41.9 Å². The van der Waals surface area contributed by atoms with E-state index in [9.17, 15) is 4.79 Å². The fraction of sp³-hybridized carbons (Fsp3) is 0. The van der Waals surface area contributed by atoms with Crippen LogP contribution in [0.4, 0.5) is 11.4 Å². The minimum Gasteiger partial charge on any atom is -0.383 e. The van der Waals surface area contributed by atoms with Gasteiger partial charge in [0.15, 0.2) is 0 Å². The number of hydrogen-bond acceptors (Lipinski definition) is 3. The number of nitrogens with one attached hydrogen (secondary N) is 1. The van der Waals surface area contributed by atoms with Crippen LogP contribution in [0.1, 0.15) is 11.1 Å². The van der Waals surface area contributed by atoms with Crippen molar-refractivity contribution in [3.63, 3.8) is 0 Å². The van der Waals surface area contributed by atoms with Crippen LogP contribution < -0.4 is 11.1 Å². The molecule has 0 spiro atoms. The van der Waals surface area contributed by atoms with Crippen molar-refractivity contribution in [1.29, 1.82) is 0 Å². The lowest BCUT2D eigenvalue weighted by molar-refractivity contribution is -0.111. The van der Waals surface area contributed by atoms with Crippen LogP contribution >= 0.6 is 11.6 Å². The first-order valence-corrected chi connectivity index (χ1v) is 10.2. The number of hydrogen-bond donors (Lipinski definition) is 2. The summed E-state index contributed by atoms with van der Waals surface area (Å²) >= 11 is 6.11. The molecule has 6 nitrogen and oxygen atoms in total. The number of carbonyl (C=O) groups excluding carboxylic acids is 1. The molecule has 0 fully saturated rings. The highest BCUT2D eigenvalue weighted by atomic mass is 35.5. The van der Waals surface area contributed by atoms with Crippen molar-refractivity contribution in [2.75, 3.05) is 5.32 Å². The van der Waals surface area contributed by atoms with Crippen LogP contribution in [0.5, 0.6) is 0 Å². The van der Waals surface area contributed by atoms with Crippen molar-refractivity contribution in [3.8, 4) is 5.69 Å². The number of rotatable bonds is 6. The van der Waals surface area contributed by atoms with Gasteiger partial charge in [0.2, 0.25) is 5.91 Å². The largest absolute Gasteiger partial charge is 0.383 e. The first-order valence-electron chi connectivity index (χ1n) is 9.87. The molecule has 0 saturated heterocycles. The van der Waals surface area contributed by atoms with Crippen molar-refractivity contribution in [1.82, 2.24) is 9.78 Å². The molecule has 1 aromatic heterocycles. The van der Waals surface area contributed by atoms with E-state index in [1.807, 2.05) is 66.9 Å². The lowest BCUT2D eigenvalue weighted by Crippen LogP contribution is -2.14. The van der Waals surface area contributed by atoms with Crippen LogP contribution in [0.3, 0.4) is 0 Å². The highest BCUT2D eigenvalue weighted by Gasteiger charge is 2.04. The molecule has 0 bridgehead atoms. The normalized spacial score (nSPS) is 11.6. The summed E-state index contributed by atoms with van der Waals surface area (Å²) in [7, 11) is 0. The molecular weight excluding hydrogens is 422 g/mol. The number of anilines is 1. The van der Waals surface area contributed by atoms with Gasteiger partial charge >= 0.3 is 0 Å². The quantitative estimate of drug-likeness (QED) is 0.244. The first-order chi connectivity index (χ1) is 15.6. The lowest BCUT2D eigenvalue weighted by Gasteiger charge is -2.07. The van der Waals surface area contributed by atoms with Crippen molar-refractivity contribution in [2.45, 2.75) is 0 Å². The third-order valence-corrected chi connectivity index (χ3v) is 4.96. The van der Waals surface area contributed by atoms with Crippen molar-refractivity contribution < 1.29 is 4.79 Å². The van der Waals surface area contributed by atoms with Crippen LogP contribution in [0.2, 0.25) is 5.02 Å². The number of carbonyl (C=O) groups is 1. The number of nitrogens with two attached hydrogens (primary N) is 1. The van der Waals surface area contributed by atoms with Crippen molar-refractivity contribution in [2.24, 2.45) is 10.7 Å². The van der Waals surface area contributed by atoms with E-state index in [0.717, 1.165) is 16.9 Å². The van der Waals surface area contributed by atoms with Gasteiger partial charge in [-0.3, -0.25) is 4.79 Å². The molecule has 3 aromatic carbocycles. The molecule has 0 aliphatic carbocycles. The summed E-state index contributed by atoms with van der Waals surface area (Å²) in [5.74, 6) is 0.0753. The Morgan fingerprint density at radius 2 is 1.84 bits per heavy atom. The number of nitrogens with zero attached hydrogens (tertiary/aromatic N) is 3. The van der Waals surface area contributed by atoms with Gasteiger partial charge in [-0.05, 0) is 60.2 Å². The molecule has 1 amide bonds. The summed E-state index contributed by atoms with van der Waals surface area (Å²) in [5, 5.41) is 7.61. The van der Waals surface area contributed by atoms with Crippen LogP contribution in [-0.2, 0) is 4.79 Å². The second-order valence-corrected chi connectivity index (χ2v) is 7.30. The van der Waals surface area contributed by atoms with Gasteiger partial charge in [0.1, 0.15) is 5.84 Å². The third-order valence-electron chi connectivity index (χ3n) is 4.61. The van der Waals surface area contributed by atoms with E-state index in [-0.39, 0.29) is 5.91 Å². The van der Waals surface area contributed by atoms with Gasteiger partial charge < -0.3 is 11.1 Å². The Kier molecular flexibility index (Phi) is 6.43. The molecule has 3 N–H and O–H groups in total. The molecule has 4 rings (SSSR count). The van der Waals surface area contributed by atoms with Gasteiger partial charge in [-0.25, -0.2) is 9.67 Å². The maximum absolute atomic E-state index is 12.3. The standard InChI is InChI=1S/C25H20ClN5O/c26-23-8-2-1-5-18(23)9-14-24(32)29-21-7-3-6-19(17-21)25(27)30-20-10-12-22(13-11-20)31-16-4-15-28-31/h1-17H,(H2,27,30)(H,29,32)/b14-9+. The van der Waals surface area contributed by atoms with Gasteiger partial charge in [-0.15, -0.1) is 0 Å². The lowest BCUT2D eigenvalue weighted by atomic mass is 10.1. The number of benzene rings is 3. The predicted molar refractivity (Wildman–Crippen MR) is 130 cm³/mol. The molecule has 4 aromatic rings. The first kappa shape index (κ1) is 21.1. The maximum atomic E-state index is 12.3. The number of halogens is 1. The molecule has 0 radical (unpaired) electrons. The average Bonchev–Trinajstić information content (AvgIpc) is 3.34. The van der Waals surface area contributed by atoms with Gasteiger partial charge in [0.05, 0.1) is 11.4 Å². The van der Waals surface area contributed by atoms with Gasteiger partial charge in [0, 0.05) is 34.7 Å². The van der Waals surface area contributed by atoms with E-state index < -0.39 is 0 Å². The number of aliphatic imine (C=N–C) groups is 1. The van der Waals surface area contributed by atoms with Crippen LogP contribution in [0.25, 0.3) is 11.8 Å². The summed E-state index contributed by atoms with van der Waals surface area (Å²) in [6.07, 6.45) is 6.70. The summed E-state index contributed by atoms with van der Waals surface area (Å²) in [6, 6.07) is 24.0. The molecule has 158 valence electrons. The Balaban J connectivity index is 1.45. The summed E-state index contributed by atoms with van der Waals surface area (Å²) in [6.45, 7) is 0. The van der Waals surface area contributed by atoms with Crippen molar-refractivity contribution >= 4 is 40.8 Å². The van der Waals surface area contributed by atoms with Gasteiger partial charge in [0.25, 0.3) is 0 Å². The zero-order valence-electron chi connectivity index (χ0n) is 17.0. The summed E-state index contributed by atoms with van der Waals surface area (Å²) in [5.41, 5.74) is 9.94. The van der Waals surface area contributed by atoms with Crippen LogP contribution in [-0.4, -0.2) is 21.5 Å². The van der Waals surface area contributed by atoms with Crippen LogP contribution in [0.15, 0.2) is 102 Å². The Bertz CT molecular complexity index is 1280. The molecule has 0 atom stereocenters. The Hall–Kier alpha value is -4.16. The van der Waals surface area contributed by atoms with E-state index in [1.165, 1.54) is 6.08 Å². The molecule has 0 saturated carbocycles. The Labute approximate surface area is 190 Å². The molecule has 7 heteroatoms. The number of amides is 1. The maximum Gasteiger partial charge on any atom is 0.248 e. The zero-order chi connectivity index (χ0) is 22.3. The zero-order valence-corrected chi connectivity index (χ0v) is 17.8. The molecular formula is C25H20ClN5O. The fourth-order valence-electron chi connectivity index (χ4n) is 3.02. The second kappa shape index (κ2) is 9.76. The smallest absolute Gasteiger partial charge is 0.248 e. The Morgan fingerprint density at radius 3 is 2.59 bits per heavy atom. The average molecular weight is 442 g/mol. The van der Waals surface area contributed by atoms with E-state index in [0.29, 0.717) is 22.1 Å². The molecule has 0 aliphatic rings. The molecule has 1 heterocycles.